The van der Waals surface area contributed by atoms with Gasteiger partial charge in [-0.05, 0) is 48.1 Å². The van der Waals surface area contributed by atoms with Crippen molar-refractivity contribution in [1.82, 2.24) is 5.32 Å². The zero-order valence-corrected chi connectivity index (χ0v) is 17.3. The van der Waals surface area contributed by atoms with Gasteiger partial charge in [0.2, 0.25) is 11.7 Å². The third-order valence-corrected chi connectivity index (χ3v) is 5.14. The number of anilines is 1. The summed E-state index contributed by atoms with van der Waals surface area (Å²) in [4.78, 5) is 36.6. The van der Waals surface area contributed by atoms with E-state index in [0.717, 1.165) is 11.1 Å². The van der Waals surface area contributed by atoms with Gasteiger partial charge in [-0.3, -0.25) is 14.4 Å². The minimum atomic E-state index is -0.478. The molecule has 30 heavy (non-hydrogen) atoms. The maximum atomic E-state index is 12.6. The number of aryl methyl sites for hydroxylation is 1. The first-order valence-corrected chi connectivity index (χ1v) is 9.51. The van der Waals surface area contributed by atoms with Gasteiger partial charge in [0, 0.05) is 19.5 Å². The molecule has 1 aliphatic carbocycles. The van der Waals surface area contributed by atoms with Crippen LogP contribution in [0.25, 0.3) is 11.1 Å². The van der Waals surface area contributed by atoms with Gasteiger partial charge < -0.3 is 25.2 Å². The molecule has 2 aromatic rings. The Morgan fingerprint density at radius 3 is 2.40 bits per heavy atom. The summed E-state index contributed by atoms with van der Waals surface area (Å²) in [5, 5.41) is 16.1. The molecule has 0 unspecified atom stereocenters. The first-order valence-electron chi connectivity index (χ1n) is 9.51. The minimum absolute atomic E-state index is 0.0194. The van der Waals surface area contributed by atoms with Crippen LogP contribution in [-0.4, -0.2) is 38.2 Å². The number of amides is 2. The number of phenols is 1. The van der Waals surface area contributed by atoms with Crippen molar-refractivity contribution >= 4 is 17.5 Å². The number of phenolic OH excluding ortho intramolecular Hbond substituents is 1. The van der Waals surface area contributed by atoms with Gasteiger partial charge in [-0.1, -0.05) is 6.07 Å². The zero-order valence-electron chi connectivity index (χ0n) is 17.3. The third kappa shape index (κ3) is 3.56. The molecule has 158 valence electrons. The van der Waals surface area contributed by atoms with Crippen LogP contribution in [0.15, 0.2) is 23.0 Å². The fraction of sp³-hybridized carbons (Fsp3) is 0.318. The van der Waals surface area contributed by atoms with Gasteiger partial charge in [0.15, 0.2) is 16.9 Å². The Bertz CT molecular complexity index is 1090. The Balaban J connectivity index is 2.44. The highest BCUT2D eigenvalue weighted by molar-refractivity contribution is 5.98. The van der Waals surface area contributed by atoms with E-state index in [1.165, 1.54) is 40.3 Å². The van der Waals surface area contributed by atoms with Crippen molar-refractivity contribution in [3.8, 4) is 28.4 Å². The van der Waals surface area contributed by atoms with Gasteiger partial charge in [0.1, 0.15) is 0 Å². The largest absolute Gasteiger partial charge is 0.502 e. The predicted molar refractivity (Wildman–Crippen MR) is 113 cm³/mol. The molecule has 8 nitrogen and oxygen atoms in total. The van der Waals surface area contributed by atoms with Gasteiger partial charge in [0.25, 0.3) is 5.91 Å². The number of carbonyl (C=O) groups is 2. The molecule has 3 rings (SSSR count). The highest BCUT2D eigenvalue weighted by Crippen LogP contribution is 2.53. The Hall–Kier alpha value is -3.55. The topological polar surface area (TPSA) is 114 Å². The molecule has 0 saturated carbocycles. The second-order valence-electron chi connectivity index (χ2n) is 6.95. The number of ether oxygens (including phenoxy) is 2. The molecule has 0 fully saturated rings. The van der Waals surface area contributed by atoms with Crippen molar-refractivity contribution in [3.05, 3.63) is 45.1 Å². The number of nitrogens with one attached hydrogen (secondary N) is 2. The summed E-state index contributed by atoms with van der Waals surface area (Å²) in [5.74, 6) is -0.754. The van der Waals surface area contributed by atoms with Crippen LogP contribution in [-0.2, 0) is 17.6 Å². The standard InChI is InChI=1S/C22H24N2O6/c1-11(25)24-18-15-7-5-6-12-10-16(26)14(22(28)23-2)9-8-13(12)17(15)20(29-3)19(27)21(18)30-4/h8-10,27H,5-7H2,1-4H3,(H,23,28)(H,24,25). The summed E-state index contributed by atoms with van der Waals surface area (Å²) in [5.41, 5.74) is 2.66. The predicted octanol–water partition coefficient (Wildman–Crippen LogP) is 2.24. The van der Waals surface area contributed by atoms with E-state index < -0.39 is 11.3 Å². The van der Waals surface area contributed by atoms with Crippen LogP contribution in [0.5, 0.6) is 17.2 Å². The SMILES string of the molecule is CNC(=O)c1ccc2c(cc1=O)CCCc1c(NC(C)=O)c(OC)c(O)c(OC)c1-2. The number of carbonyl (C=O) groups excluding carboxylic acids is 2. The molecule has 3 N–H and O–H groups in total. The summed E-state index contributed by atoms with van der Waals surface area (Å²) in [6.45, 7) is 1.37. The first kappa shape index (κ1) is 21.2. The molecule has 0 atom stereocenters. The lowest BCUT2D eigenvalue weighted by atomic mass is 9.94. The van der Waals surface area contributed by atoms with E-state index in [-0.39, 0.29) is 28.7 Å². The third-order valence-electron chi connectivity index (χ3n) is 5.14. The molecule has 1 aliphatic rings. The van der Waals surface area contributed by atoms with E-state index in [0.29, 0.717) is 36.1 Å². The Kier molecular flexibility index (Phi) is 5.96. The number of hydrogen-bond acceptors (Lipinski definition) is 6. The summed E-state index contributed by atoms with van der Waals surface area (Å²) in [6, 6.07) is 4.60. The quantitative estimate of drug-likeness (QED) is 0.710. The molecule has 0 radical (unpaired) electrons. The molecule has 0 aromatic heterocycles. The molecule has 0 heterocycles. The lowest BCUT2D eigenvalue weighted by Crippen LogP contribution is -2.23. The fourth-order valence-electron chi connectivity index (χ4n) is 3.88. The fourth-order valence-corrected chi connectivity index (χ4v) is 3.88. The first-order chi connectivity index (χ1) is 14.3. The number of methoxy groups -OCH3 is 2. The van der Waals surface area contributed by atoms with Crippen molar-refractivity contribution in [2.45, 2.75) is 26.2 Å². The second-order valence-corrected chi connectivity index (χ2v) is 6.95. The zero-order chi connectivity index (χ0) is 22.0. The molecule has 0 spiro atoms. The molecular weight excluding hydrogens is 388 g/mol. The van der Waals surface area contributed by atoms with Gasteiger partial charge in [-0.2, -0.15) is 0 Å². The number of hydrogen-bond donors (Lipinski definition) is 3. The normalized spacial score (nSPS) is 12.1. The molecular formula is C22H24N2O6. The number of benzene rings is 1. The monoisotopic (exact) mass is 412 g/mol. The molecule has 0 aliphatic heterocycles. The number of rotatable bonds is 4. The van der Waals surface area contributed by atoms with Gasteiger partial charge >= 0.3 is 0 Å². The van der Waals surface area contributed by atoms with Crippen molar-refractivity contribution in [2.24, 2.45) is 0 Å². The van der Waals surface area contributed by atoms with Crippen molar-refractivity contribution < 1.29 is 24.2 Å². The van der Waals surface area contributed by atoms with Gasteiger partial charge in [0.05, 0.1) is 25.5 Å². The molecule has 2 aromatic carbocycles. The van der Waals surface area contributed by atoms with Crippen LogP contribution in [0.1, 0.15) is 34.8 Å². The Morgan fingerprint density at radius 1 is 1.10 bits per heavy atom. The molecule has 2 amide bonds. The van der Waals surface area contributed by atoms with Crippen LogP contribution in [0, 0.1) is 0 Å². The van der Waals surface area contributed by atoms with Crippen molar-refractivity contribution in [2.75, 3.05) is 26.6 Å². The van der Waals surface area contributed by atoms with E-state index in [1.807, 2.05) is 0 Å². The van der Waals surface area contributed by atoms with Crippen molar-refractivity contribution in [1.29, 1.82) is 0 Å². The number of fused-ring (bicyclic) bond motifs is 3. The van der Waals surface area contributed by atoms with E-state index in [2.05, 4.69) is 10.6 Å². The summed E-state index contributed by atoms with van der Waals surface area (Å²) < 4.78 is 10.9. The van der Waals surface area contributed by atoms with Crippen LogP contribution < -0.4 is 25.5 Å². The average molecular weight is 412 g/mol. The van der Waals surface area contributed by atoms with Crippen LogP contribution in [0.2, 0.25) is 0 Å². The van der Waals surface area contributed by atoms with Crippen molar-refractivity contribution in [3.63, 3.8) is 0 Å². The summed E-state index contributed by atoms with van der Waals surface area (Å²) >= 11 is 0. The molecule has 0 saturated heterocycles. The summed E-state index contributed by atoms with van der Waals surface area (Å²) in [7, 11) is 4.29. The van der Waals surface area contributed by atoms with E-state index in [9.17, 15) is 19.5 Å². The molecule has 8 heteroatoms. The maximum absolute atomic E-state index is 12.6. The lowest BCUT2D eigenvalue weighted by molar-refractivity contribution is -0.114. The summed E-state index contributed by atoms with van der Waals surface area (Å²) in [6.07, 6.45) is 1.82. The minimum Gasteiger partial charge on any atom is -0.502 e. The highest BCUT2D eigenvalue weighted by atomic mass is 16.5. The van der Waals surface area contributed by atoms with Crippen LogP contribution in [0.4, 0.5) is 5.69 Å². The van der Waals surface area contributed by atoms with Crippen LogP contribution in [0.3, 0.4) is 0 Å². The van der Waals surface area contributed by atoms with Crippen LogP contribution >= 0.6 is 0 Å². The van der Waals surface area contributed by atoms with E-state index >= 15 is 0 Å². The Labute approximate surface area is 173 Å². The lowest BCUT2D eigenvalue weighted by Gasteiger charge is -2.22. The van der Waals surface area contributed by atoms with Gasteiger partial charge in [-0.15, -0.1) is 0 Å². The smallest absolute Gasteiger partial charge is 0.254 e. The van der Waals surface area contributed by atoms with E-state index in [4.69, 9.17) is 9.47 Å². The number of aromatic hydroxyl groups is 1. The van der Waals surface area contributed by atoms with E-state index in [1.54, 1.807) is 6.07 Å². The second kappa shape index (κ2) is 8.44. The Morgan fingerprint density at radius 2 is 1.80 bits per heavy atom. The maximum Gasteiger partial charge on any atom is 0.254 e. The molecule has 0 bridgehead atoms. The highest BCUT2D eigenvalue weighted by Gasteiger charge is 2.29. The average Bonchev–Trinajstić information content (AvgIpc) is 2.97. The van der Waals surface area contributed by atoms with Gasteiger partial charge in [-0.25, -0.2) is 0 Å².